The minimum absolute atomic E-state index is 0. The van der Waals surface area contributed by atoms with Crippen molar-refractivity contribution in [2.75, 3.05) is 19.1 Å². The fourth-order valence-electron chi connectivity index (χ4n) is 1.67. The summed E-state index contributed by atoms with van der Waals surface area (Å²) in [5.74, 6) is 0.455. The maximum Gasteiger partial charge on any atom is 0.264 e. The first-order valence-electron chi connectivity index (χ1n) is 5.86. The van der Waals surface area contributed by atoms with Crippen molar-refractivity contribution < 1.29 is 22.8 Å². The molecule has 1 rings (SSSR count). The second-order valence-corrected chi connectivity index (χ2v) is 7.12. The average Bonchev–Trinajstić information content (AvgIpc) is 2.23. The molecule has 1 aromatic carbocycles. The third kappa shape index (κ3) is 4.99. The van der Waals surface area contributed by atoms with E-state index in [1.165, 1.54) is 7.11 Å². The molecule has 116 valence electrons. The number of methoxy groups -OCH3 is 1. The maximum absolute atomic E-state index is 11.1. The number of hydrogen-bond acceptors (Lipinski definition) is 5. The summed E-state index contributed by atoms with van der Waals surface area (Å²) in [5, 5.41) is 0. The molecule has 0 saturated carbocycles. The monoisotopic (exact) mass is 305 g/mol. The Bertz CT molecular complexity index is 561. The summed E-state index contributed by atoms with van der Waals surface area (Å²) in [6.45, 7) is 6.07. The van der Waals surface area contributed by atoms with Crippen LogP contribution in [0.4, 0.5) is 5.69 Å². The number of nitrogen functional groups attached to an aromatic ring is 1. The van der Waals surface area contributed by atoms with Gasteiger partial charge in [-0.25, -0.2) is 0 Å². The van der Waals surface area contributed by atoms with Gasteiger partial charge in [-0.2, -0.15) is 8.42 Å². The lowest BCUT2D eigenvalue weighted by Gasteiger charge is -2.22. The second-order valence-electron chi connectivity index (χ2n) is 5.47. The predicted molar refractivity (Wildman–Crippen MR) is 79.4 cm³/mol. The van der Waals surface area contributed by atoms with Crippen molar-refractivity contribution in [1.82, 2.24) is 0 Å². The van der Waals surface area contributed by atoms with Gasteiger partial charge in [-0.15, -0.1) is 0 Å². The van der Waals surface area contributed by atoms with Crippen LogP contribution in [0.3, 0.4) is 0 Å². The van der Waals surface area contributed by atoms with Crippen molar-refractivity contribution in [3.8, 4) is 5.75 Å². The van der Waals surface area contributed by atoms with Gasteiger partial charge >= 0.3 is 0 Å². The molecule has 1 aromatic rings. The average molecular weight is 305 g/mol. The normalized spacial score (nSPS) is 11.8. The van der Waals surface area contributed by atoms with E-state index in [9.17, 15) is 8.42 Å². The highest BCUT2D eigenvalue weighted by Crippen LogP contribution is 2.33. The summed E-state index contributed by atoms with van der Waals surface area (Å²) >= 11 is 0. The zero-order valence-corrected chi connectivity index (χ0v) is 13.3. The predicted octanol–water partition coefficient (Wildman–Crippen LogP) is 1.23. The Morgan fingerprint density at radius 3 is 2.20 bits per heavy atom. The van der Waals surface area contributed by atoms with Gasteiger partial charge in [-0.1, -0.05) is 20.8 Å². The molecule has 0 heterocycles. The van der Waals surface area contributed by atoms with Crippen molar-refractivity contribution >= 4 is 15.8 Å². The zero-order valence-electron chi connectivity index (χ0n) is 12.5. The van der Waals surface area contributed by atoms with Crippen LogP contribution in [0.15, 0.2) is 12.1 Å². The van der Waals surface area contributed by atoms with Crippen LogP contribution < -0.4 is 10.5 Å². The van der Waals surface area contributed by atoms with E-state index in [0.29, 0.717) is 17.0 Å². The summed E-state index contributed by atoms with van der Waals surface area (Å²) in [6.07, 6.45) is 1.01. The smallest absolute Gasteiger partial charge is 0.264 e. The van der Waals surface area contributed by atoms with Gasteiger partial charge in [0.15, 0.2) is 0 Å². The van der Waals surface area contributed by atoms with E-state index in [1.807, 2.05) is 12.1 Å². The van der Waals surface area contributed by atoms with E-state index in [-0.39, 0.29) is 17.5 Å². The maximum atomic E-state index is 11.1. The Kier molecular flexibility index (Phi) is 6.01. The number of benzene rings is 1. The first kappa shape index (κ1) is 18.7. The topological polar surface area (TPSA) is 110 Å². The van der Waals surface area contributed by atoms with E-state index in [2.05, 4.69) is 20.8 Å². The van der Waals surface area contributed by atoms with E-state index in [4.69, 9.17) is 14.7 Å². The van der Waals surface area contributed by atoms with Crippen molar-refractivity contribution in [3.63, 3.8) is 0 Å². The summed E-state index contributed by atoms with van der Waals surface area (Å²) in [6, 6.07) is 3.70. The highest BCUT2D eigenvalue weighted by Gasteiger charge is 2.19. The van der Waals surface area contributed by atoms with Gasteiger partial charge in [0.2, 0.25) is 0 Å². The highest BCUT2D eigenvalue weighted by atomic mass is 32.2. The molecule has 0 aliphatic rings. The Morgan fingerprint density at radius 1 is 1.25 bits per heavy atom. The molecule has 0 unspecified atom stereocenters. The van der Waals surface area contributed by atoms with E-state index < -0.39 is 10.1 Å². The minimum atomic E-state index is -3.50. The lowest BCUT2D eigenvalue weighted by Crippen LogP contribution is -2.14. The molecule has 0 bridgehead atoms. The molecule has 7 heteroatoms. The Morgan fingerprint density at radius 2 is 1.80 bits per heavy atom. The molecule has 0 fully saturated rings. The van der Waals surface area contributed by atoms with Crippen molar-refractivity contribution in [3.05, 3.63) is 23.3 Å². The highest BCUT2D eigenvalue weighted by molar-refractivity contribution is 7.85. The van der Waals surface area contributed by atoms with Gasteiger partial charge in [-0.05, 0) is 23.1 Å². The quantitative estimate of drug-likeness (QED) is 0.664. The van der Waals surface area contributed by atoms with Gasteiger partial charge in [0.05, 0.1) is 25.7 Å². The van der Waals surface area contributed by atoms with E-state index in [0.717, 1.165) is 11.8 Å². The molecule has 0 aliphatic carbocycles. The molecular formula is C13H23NO5S. The largest absolute Gasteiger partial charge is 0.494 e. The van der Waals surface area contributed by atoms with Crippen LogP contribution in [0.25, 0.3) is 0 Å². The van der Waals surface area contributed by atoms with Crippen LogP contribution in [-0.2, 0) is 26.3 Å². The fourth-order valence-corrected chi connectivity index (χ4v) is 2.01. The van der Waals surface area contributed by atoms with Gasteiger partial charge in [0.25, 0.3) is 10.1 Å². The summed E-state index contributed by atoms with van der Waals surface area (Å²) < 4.78 is 32.2. The molecule has 0 spiro atoms. The van der Waals surface area contributed by atoms with Crippen molar-refractivity contribution in [1.29, 1.82) is 0 Å². The van der Waals surface area contributed by atoms with Crippen LogP contribution in [0.1, 0.15) is 31.9 Å². The summed E-state index contributed by atoms with van der Waals surface area (Å²) in [4.78, 5) is 0. The number of hydrogen-bond donors (Lipinski definition) is 1. The summed E-state index contributed by atoms with van der Waals surface area (Å²) in [7, 11) is -2.01. The molecule has 0 aliphatic heterocycles. The zero-order chi connectivity index (χ0) is 14.8. The molecule has 4 N–H and O–H groups in total. The lowest BCUT2D eigenvalue weighted by atomic mass is 9.85. The van der Waals surface area contributed by atoms with E-state index in [1.54, 1.807) is 0 Å². The molecule has 0 amide bonds. The molecular weight excluding hydrogens is 282 g/mol. The van der Waals surface area contributed by atoms with Crippen LogP contribution in [-0.4, -0.2) is 27.3 Å². The third-order valence-corrected chi connectivity index (χ3v) is 3.24. The van der Waals surface area contributed by atoms with Gasteiger partial charge in [0.1, 0.15) is 5.75 Å². The SMILES string of the molecule is COc1c(N)cc(C(C)(C)C)cc1COS(C)(=O)=O.O. The fraction of sp³-hybridized carbons (Fsp3) is 0.538. The van der Waals surface area contributed by atoms with Gasteiger partial charge in [-0.3, -0.25) is 4.18 Å². The van der Waals surface area contributed by atoms with Crippen LogP contribution >= 0.6 is 0 Å². The lowest BCUT2D eigenvalue weighted by molar-refractivity contribution is 0.302. The first-order chi connectivity index (χ1) is 8.54. The Balaban J connectivity index is 0.00000361. The minimum Gasteiger partial charge on any atom is -0.494 e. The van der Waals surface area contributed by atoms with Crippen molar-refractivity contribution in [2.45, 2.75) is 32.8 Å². The number of rotatable bonds is 4. The molecule has 0 atom stereocenters. The Labute approximate surface area is 120 Å². The molecule has 0 aromatic heterocycles. The van der Waals surface area contributed by atoms with Crippen LogP contribution in [0, 0.1) is 0 Å². The second kappa shape index (κ2) is 6.43. The van der Waals surface area contributed by atoms with Crippen LogP contribution in [0.2, 0.25) is 0 Å². The van der Waals surface area contributed by atoms with Gasteiger partial charge < -0.3 is 15.9 Å². The van der Waals surface area contributed by atoms with E-state index >= 15 is 0 Å². The van der Waals surface area contributed by atoms with Gasteiger partial charge in [0, 0.05) is 5.56 Å². The third-order valence-electron chi connectivity index (χ3n) is 2.69. The molecule has 6 nitrogen and oxygen atoms in total. The molecule has 0 radical (unpaired) electrons. The standard InChI is InChI=1S/C13H21NO4S.H2O/c1-13(2,3)10-6-9(8-18-19(5,15)16)12(17-4)11(14)7-10;/h6-7H,8,14H2,1-5H3;1H2. The first-order valence-corrected chi connectivity index (χ1v) is 7.67. The number of ether oxygens (including phenoxy) is 1. The molecule has 0 saturated heterocycles. The van der Waals surface area contributed by atoms with Crippen molar-refractivity contribution in [2.24, 2.45) is 0 Å². The summed E-state index contributed by atoms with van der Waals surface area (Å²) in [5.41, 5.74) is 7.94. The Hall–Kier alpha value is -1.31. The molecule has 20 heavy (non-hydrogen) atoms. The number of anilines is 1. The number of nitrogens with two attached hydrogens (primary N) is 1. The van der Waals surface area contributed by atoms with Crippen LogP contribution in [0.5, 0.6) is 5.75 Å².